The van der Waals surface area contributed by atoms with E-state index in [0.29, 0.717) is 5.92 Å². The smallest absolute Gasteiger partial charge is 0.138 e. The molecule has 2 aromatic rings. The molecule has 0 aliphatic rings. The van der Waals surface area contributed by atoms with Crippen molar-refractivity contribution in [2.24, 2.45) is 11.8 Å². The van der Waals surface area contributed by atoms with Gasteiger partial charge in [0.05, 0.1) is 6.04 Å². The number of hydrogen-bond donors (Lipinski definition) is 2. The van der Waals surface area contributed by atoms with Gasteiger partial charge >= 0.3 is 0 Å². The Morgan fingerprint density at radius 3 is 2.71 bits per heavy atom. The van der Waals surface area contributed by atoms with E-state index in [1.54, 1.807) is 6.33 Å². The molecular formula is C16H25N5. The molecule has 0 saturated heterocycles. The van der Waals surface area contributed by atoms with E-state index < -0.39 is 0 Å². The molecule has 21 heavy (non-hydrogen) atoms. The van der Waals surface area contributed by atoms with Gasteiger partial charge in [-0.1, -0.05) is 45.0 Å². The molecule has 5 nitrogen and oxygen atoms in total. The highest BCUT2D eigenvalue weighted by Crippen LogP contribution is 2.21. The first kappa shape index (κ1) is 15.7. The van der Waals surface area contributed by atoms with Crippen molar-refractivity contribution in [3.05, 3.63) is 47.5 Å². The molecule has 0 spiro atoms. The summed E-state index contributed by atoms with van der Waals surface area (Å²) in [5, 5.41) is 4.32. The first-order valence-electron chi connectivity index (χ1n) is 7.56. The molecular weight excluding hydrogens is 262 g/mol. The van der Waals surface area contributed by atoms with Crippen LogP contribution in [0.3, 0.4) is 0 Å². The summed E-state index contributed by atoms with van der Waals surface area (Å²) in [6.45, 7) is 7.39. The molecule has 0 aliphatic heterocycles. The quantitative estimate of drug-likeness (QED) is 0.605. The molecule has 0 bridgehead atoms. The zero-order valence-electron chi connectivity index (χ0n) is 13.1. The Morgan fingerprint density at radius 2 is 2.05 bits per heavy atom. The molecule has 1 aromatic heterocycles. The van der Waals surface area contributed by atoms with Crippen molar-refractivity contribution in [1.82, 2.24) is 20.2 Å². The summed E-state index contributed by atoms with van der Waals surface area (Å²) >= 11 is 0. The van der Waals surface area contributed by atoms with E-state index >= 15 is 0 Å². The van der Waals surface area contributed by atoms with Gasteiger partial charge in [0.15, 0.2) is 0 Å². The van der Waals surface area contributed by atoms with E-state index in [2.05, 4.69) is 60.5 Å². The van der Waals surface area contributed by atoms with Gasteiger partial charge in [-0.25, -0.2) is 9.67 Å². The van der Waals surface area contributed by atoms with E-state index in [4.69, 9.17) is 5.84 Å². The minimum absolute atomic E-state index is 0.0521. The van der Waals surface area contributed by atoms with Crippen molar-refractivity contribution in [3.8, 4) is 0 Å². The van der Waals surface area contributed by atoms with Gasteiger partial charge in [-0.2, -0.15) is 5.10 Å². The van der Waals surface area contributed by atoms with Gasteiger partial charge < -0.3 is 0 Å². The number of hydrogen-bond acceptors (Lipinski definition) is 4. The lowest BCUT2D eigenvalue weighted by Crippen LogP contribution is -2.31. The Kier molecular flexibility index (Phi) is 5.47. The highest BCUT2D eigenvalue weighted by Gasteiger charge is 2.17. The summed E-state index contributed by atoms with van der Waals surface area (Å²) in [5.41, 5.74) is 5.48. The Hall–Kier alpha value is -1.72. The molecule has 5 heteroatoms. The van der Waals surface area contributed by atoms with Crippen LogP contribution in [0.2, 0.25) is 0 Å². The van der Waals surface area contributed by atoms with Gasteiger partial charge in [0.1, 0.15) is 12.2 Å². The number of nitrogens with one attached hydrogen (secondary N) is 1. The van der Waals surface area contributed by atoms with Crippen LogP contribution in [0.4, 0.5) is 0 Å². The molecule has 0 saturated carbocycles. The zero-order valence-corrected chi connectivity index (χ0v) is 13.1. The Labute approximate surface area is 126 Å². The van der Waals surface area contributed by atoms with Crippen molar-refractivity contribution >= 4 is 0 Å². The zero-order chi connectivity index (χ0) is 15.2. The highest BCUT2D eigenvalue weighted by molar-refractivity contribution is 5.30. The molecule has 0 fully saturated rings. The van der Waals surface area contributed by atoms with Gasteiger partial charge in [0.2, 0.25) is 0 Å². The Morgan fingerprint density at radius 1 is 1.29 bits per heavy atom. The standard InChI is InChI=1S/C16H25N5/c1-4-13-7-5-6-8-14(13)15(20-17)9-16-18-11-19-21(16)10-12(2)3/h5-8,11-12,15,20H,4,9-10,17H2,1-3H3. The van der Waals surface area contributed by atoms with Crippen molar-refractivity contribution in [1.29, 1.82) is 0 Å². The predicted molar refractivity (Wildman–Crippen MR) is 84.4 cm³/mol. The van der Waals surface area contributed by atoms with E-state index in [0.717, 1.165) is 25.2 Å². The number of nitrogens with two attached hydrogens (primary N) is 1. The summed E-state index contributed by atoms with van der Waals surface area (Å²) in [4.78, 5) is 4.39. The largest absolute Gasteiger partial charge is 0.271 e. The maximum Gasteiger partial charge on any atom is 0.138 e. The van der Waals surface area contributed by atoms with E-state index in [9.17, 15) is 0 Å². The number of aromatic nitrogens is 3. The summed E-state index contributed by atoms with van der Waals surface area (Å²) in [5.74, 6) is 7.30. The lowest BCUT2D eigenvalue weighted by Gasteiger charge is -2.19. The van der Waals surface area contributed by atoms with Crippen molar-refractivity contribution in [2.75, 3.05) is 0 Å². The second-order valence-corrected chi connectivity index (χ2v) is 5.73. The monoisotopic (exact) mass is 287 g/mol. The van der Waals surface area contributed by atoms with Gasteiger partial charge in [-0.05, 0) is 23.5 Å². The fourth-order valence-electron chi connectivity index (χ4n) is 2.58. The summed E-state index contributed by atoms with van der Waals surface area (Å²) in [6.07, 6.45) is 3.35. The fraction of sp³-hybridized carbons (Fsp3) is 0.500. The van der Waals surface area contributed by atoms with Gasteiger partial charge in [0.25, 0.3) is 0 Å². The Balaban J connectivity index is 2.21. The summed E-state index contributed by atoms with van der Waals surface area (Å²) < 4.78 is 1.98. The van der Waals surface area contributed by atoms with Crippen LogP contribution >= 0.6 is 0 Å². The minimum Gasteiger partial charge on any atom is -0.271 e. The minimum atomic E-state index is 0.0521. The number of hydrazine groups is 1. The average Bonchev–Trinajstić information content (AvgIpc) is 2.91. The normalized spacial score (nSPS) is 12.8. The number of aryl methyl sites for hydroxylation is 1. The van der Waals surface area contributed by atoms with Crippen LogP contribution in [0.5, 0.6) is 0 Å². The fourth-order valence-corrected chi connectivity index (χ4v) is 2.58. The summed E-state index contributed by atoms with van der Waals surface area (Å²) in [7, 11) is 0. The molecule has 114 valence electrons. The second kappa shape index (κ2) is 7.33. The molecule has 2 rings (SSSR count). The molecule has 0 amide bonds. The molecule has 1 atom stereocenters. The first-order valence-corrected chi connectivity index (χ1v) is 7.56. The number of rotatable bonds is 7. The third-order valence-electron chi connectivity index (χ3n) is 3.63. The van der Waals surface area contributed by atoms with Gasteiger partial charge in [-0.3, -0.25) is 11.3 Å². The number of benzene rings is 1. The summed E-state index contributed by atoms with van der Waals surface area (Å²) in [6, 6.07) is 8.45. The van der Waals surface area contributed by atoms with Crippen LogP contribution in [-0.4, -0.2) is 14.8 Å². The van der Waals surface area contributed by atoms with Crippen LogP contribution < -0.4 is 11.3 Å². The van der Waals surface area contributed by atoms with E-state index in [1.165, 1.54) is 11.1 Å². The first-order chi connectivity index (χ1) is 10.2. The van der Waals surface area contributed by atoms with Crippen LogP contribution in [0.15, 0.2) is 30.6 Å². The van der Waals surface area contributed by atoms with Crippen LogP contribution in [0.1, 0.15) is 43.8 Å². The van der Waals surface area contributed by atoms with Gasteiger partial charge in [0, 0.05) is 13.0 Å². The van der Waals surface area contributed by atoms with E-state index in [1.807, 2.05) is 4.68 Å². The van der Waals surface area contributed by atoms with Crippen molar-refractivity contribution in [2.45, 2.75) is 46.2 Å². The van der Waals surface area contributed by atoms with Crippen LogP contribution in [0.25, 0.3) is 0 Å². The lowest BCUT2D eigenvalue weighted by atomic mass is 9.96. The highest BCUT2D eigenvalue weighted by atomic mass is 15.3. The third kappa shape index (κ3) is 3.89. The van der Waals surface area contributed by atoms with Crippen LogP contribution in [-0.2, 0) is 19.4 Å². The predicted octanol–water partition coefficient (Wildman–Crippen LogP) is 2.24. The Bertz CT molecular complexity index is 561. The van der Waals surface area contributed by atoms with Gasteiger partial charge in [-0.15, -0.1) is 0 Å². The average molecular weight is 287 g/mol. The molecule has 1 unspecified atom stereocenters. The van der Waals surface area contributed by atoms with Crippen molar-refractivity contribution in [3.63, 3.8) is 0 Å². The van der Waals surface area contributed by atoms with Crippen LogP contribution in [0, 0.1) is 5.92 Å². The maximum atomic E-state index is 5.79. The second-order valence-electron chi connectivity index (χ2n) is 5.73. The maximum absolute atomic E-state index is 5.79. The molecule has 1 heterocycles. The van der Waals surface area contributed by atoms with Crippen molar-refractivity contribution < 1.29 is 0 Å². The third-order valence-corrected chi connectivity index (χ3v) is 3.63. The van der Waals surface area contributed by atoms with E-state index in [-0.39, 0.29) is 6.04 Å². The molecule has 3 N–H and O–H groups in total. The topological polar surface area (TPSA) is 68.8 Å². The SMILES string of the molecule is CCc1ccccc1C(Cc1ncnn1CC(C)C)NN. The molecule has 0 radical (unpaired) electrons. The molecule has 1 aromatic carbocycles. The lowest BCUT2D eigenvalue weighted by molar-refractivity contribution is 0.446. The number of nitrogens with zero attached hydrogens (tertiary/aromatic N) is 3. The molecule has 0 aliphatic carbocycles.